The summed E-state index contributed by atoms with van der Waals surface area (Å²) >= 11 is 0. The van der Waals surface area contributed by atoms with E-state index in [2.05, 4.69) is 0 Å². The molecular formula is C12H14N2O5S2. The van der Waals surface area contributed by atoms with E-state index in [1.807, 2.05) is 6.92 Å². The summed E-state index contributed by atoms with van der Waals surface area (Å²) in [7, 11) is -5.73. The first-order chi connectivity index (χ1) is 9.73. The molecule has 0 saturated heterocycles. The number of sulfonamides is 1. The van der Waals surface area contributed by atoms with Crippen molar-refractivity contribution in [3.8, 4) is 0 Å². The molecule has 114 valence electrons. The van der Waals surface area contributed by atoms with E-state index < -0.39 is 25.9 Å². The number of nitro benzene ring substituents is 1. The van der Waals surface area contributed by atoms with Gasteiger partial charge >= 0.3 is 0 Å². The molecule has 0 saturated carbocycles. The third-order valence-corrected chi connectivity index (χ3v) is 7.12. The topological polar surface area (TPSA) is 97.6 Å². The van der Waals surface area contributed by atoms with E-state index in [-0.39, 0.29) is 22.9 Å². The van der Waals surface area contributed by atoms with E-state index in [0.717, 1.165) is 20.9 Å². The molecule has 0 radical (unpaired) electrons. The molecule has 0 aromatic heterocycles. The number of hydrogen-bond donors (Lipinski definition) is 0. The minimum absolute atomic E-state index is 0.0312. The summed E-state index contributed by atoms with van der Waals surface area (Å²) in [4.78, 5) is 9.86. The Balaban J connectivity index is 2.46. The second kappa shape index (κ2) is 5.66. The van der Waals surface area contributed by atoms with Gasteiger partial charge in [-0.15, -0.1) is 3.71 Å². The molecule has 1 aromatic carbocycles. The van der Waals surface area contributed by atoms with Crippen molar-refractivity contribution >= 4 is 26.7 Å². The van der Waals surface area contributed by atoms with E-state index in [1.165, 1.54) is 18.2 Å². The summed E-state index contributed by atoms with van der Waals surface area (Å²) in [5, 5.41) is 10.7. The first-order valence-electron chi connectivity index (χ1n) is 6.04. The predicted octanol–water partition coefficient (Wildman–Crippen LogP) is 1.60. The quantitative estimate of drug-likeness (QED) is 0.476. The van der Waals surface area contributed by atoms with Crippen LogP contribution >= 0.6 is 0 Å². The largest absolute Gasteiger partial charge is 0.270 e. The van der Waals surface area contributed by atoms with E-state index in [1.54, 1.807) is 6.92 Å². The van der Waals surface area contributed by atoms with E-state index in [9.17, 15) is 22.7 Å². The Kier molecular flexibility index (Phi) is 4.26. The summed E-state index contributed by atoms with van der Waals surface area (Å²) in [6.07, 6.45) is 0. The Bertz CT molecular complexity index is 755. The molecule has 9 heteroatoms. The van der Waals surface area contributed by atoms with Crippen molar-refractivity contribution in [1.29, 1.82) is 0 Å². The van der Waals surface area contributed by atoms with Crippen LogP contribution in [-0.2, 0) is 21.0 Å². The Morgan fingerprint density at radius 3 is 2.57 bits per heavy atom. The van der Waals surface area contributed by atoms with Crippen LogP contribution in [0.25, 0.3) is 0 Å². The lowest BCUT2D eigenvalue weighted by Crippen LogP contribution is -2.38. The Morgan fingerprint density at radius 1 is 1.29 bits per heavy atom. The number of nitrogens with zero attached hydrogens (tertiary/aromatic N) is 2. The molecule has 0 N–H and O–H groups in total. The monoisotopic (exact) mass is 330 g/mol. The Hall–Kier alpha value is -1.58. The minimum Gasteiger partial charge on any atom is -0.258 e. The van der Waals surface area contributed by atoms with Crippen molar-refractivity contribution in [2.75, 3.05) is 12.3 Å². The van der Waals surface area contributed by atoms with Gasteiger partial charge in [0.25, 0.3) is 15.7 Å². The summed E-state index contributed by atoms with van der Waals surface area (Å²) in [6.45, 7) is 3.62. The van der Waals surface area contributed by atoms with E-state index >= 15 is 0 Å². The molecule has 21 heavy (non-hydrogen) atoms. The van der Waals surface area contributed by atoms with Crippen molar-refractivity contribution in [2.24, 2.45) is 0 Å². The van der Waals surface area contributed by atoms with Gasteiger partial charge in [-0.3, -0.25) is 10.1 Å². The predicted molar refractivity (Wildman–Crippen MR) is 78.4 cm³/mol. The maximum absolute atomic E-state index is 12.5. The number of benzene rings is 1. The summed E-state index contributed by atoms with van der Waals surface area (Å²) < 4.78 is 38.0. The number of hydrogen-bond acceptors (Lipinski definition) is 5. The summed E-state index contributed by atoms with van der Waals surface area (Å²) in [5.74, 6) is 0.153. The zero-order chi connectivity index (χ0) is 15.8. The van der Waals surface area contributed by atoms with Crippen LogP contribution in [0, 0.1) is 10.1 Å². The Morgan fingerprint density at radius 2 is 1.95 bits per heavy atom. The highest BCUT2D eigenvalue weighted by atomic mass is 32.3. The normalized spacial score (nSPS) is 20.6. The zero-order valence-electron chi connectivity index (χ0n) is 11.5. The fraction of sp³-hybridized carbons (Fsp3) is 0.333. The maximum Gasteiger partial charge on any atom is 0.270 e. The third-order valence-electron chi connectivity index (χ3n) is 3.26. The minimum atomic E-state index is -4.03. The highest BCUT2D eigenvalue weighted by Crippen LogP contribution is 2.26. The molecule has 0 aliphatic carbocycles. The molecule has 0 fully saturated rings. The average molecular weight is 330 g/mol. The van der Waals surface area contributed by atoms with Gasteiger partial charge in [0.15, 0.2) is 0 Å². The highest BCUT2D eigenvalue weighted by molar-refractivity contribution is 8.01. The molecule has 1 atom stereocenters. The van der Waals surface area contributed by atoms with Crippen LogP contribution in [0.4, 0.5) is 5.69 Å². The molecular weight excluding hydrogens is 316 g/mol. The van der Waals surface area contributed by atoms with Gasteiger partial charge in [0, 0.05) is 18.7 Å². The standard InChI is InChI=1S/C12H14N2O5S2/c1-9-7-13(20(17)8-10(9)2)21(18,19)12-5-3-4-11(6-12)14(15)16/h3-6H,7-8H2,1-2H3. The number of nitro groups is 1. The zero-order valence-corrected chi connectivity index (χ0v) is 13.1. The van der Waals surface area contributed by atoms with Crippen LogP contribution in [0.5, 0.6) is 0 Å². The van der Waals surface area contributed by atoms with Crippen molar-refractivity contribution in [3.63, 3.8) is 0 Å². The van der Waals surface area contributed by atoms with Gasteiger partial charge in [-0.1, -0.05) is 17.2 Å². The molecule has 2 rings (SSSR count). The van der Waals surface area contributed by atoms with Crippen LogP contribution in [0.15, 0.2) is 40.3 Å². The van der Waals surface area contributed by atoms with Crippen molar-refractivity contribution in [3.05, 3.63) is 45.5 Å². The lowest BCUT2D eigenvalue weighted by Gasteiger charge is -2.26. The van der Waals surface area contributed by atoms with Crippen molar-refractivity contribution in [1.82, 2.24) is 3.71 Å². The summed E-state index contributed by atoms with van der Waals surface area (Å²) in [5.41, 5.74) is 1.42. The molecule has 0 amide bonds. The van der Waals surface area contributed by atoms with Gasteiger partial charge in [0.1, 0.15) is 11.0 Å². The van der Waals surface area contributed by atoms with Crippen LogP contribution in [0.2, 0.25) is 0 Å². The third kappa shape index (κ3) is 3.04. The SMILES string of the molecule is CC1=C(C)CS(=O)N(S(=O)(=O)c2cccc([N+](=O)[O-])c2)C1. The molecule has 1 aromatic rings. The molecule has 0 spiro atoms. The number of rotatable bonds is 3. The molecule has 7 nitrogen and oxygen atoms in total. The Labute approximate surface area is 125 Å². The first-order valence-corrected chi connectivity index (χ1v) is 8.76. The highest BCUT2D eigenvalue weighted by Gasteiger charge is 2.33. The lowest BCUT2D eigenvalue weighted by atomic mass is 10.2. The van der Waals surface area contributed by atoms with Gasteiger partial charge in [-0.05, 0) is 19.9 Å². The first kappa shape index (κ1) is 15.8. The van der Waals surface area contributed by atoms with Gasteiger partial charge in [-0.25, -0.2) is 12.6 Å². The van der Waals surface area contributed by atoms with E-state index in [4.69, 9.17) is 0 Å². The van der Waals surface area contributed by atoms with Crippen molar-refractivity contribution < 1.29 is 17.6 Å². The molecule has 1 aliphatic rings. The molecule has 1 heterocycles. The second-order valence-electron chi connectivity index (χ2n) is 4.75. The van der Waals surface area contributed by atoms with Crippen LogP contribution < -0.4 is 0 Å². The summed E-state index contributed by atoms with van der Waals surface area (Å²) in [6, 6.07) is 4.75. The molecule has 0 bridgehead atoms. The van der Waals surface area contributed by atoms with Gasteiger partial charge in [0.2, 0.25) is 0 Å². The van der Waals surface area contributed by atoms with Gasteiger partial charge in [-0.2, -0.15) is 0 Å². The average Bonchev–Trinajstić information content (AvgIpc) is 2.42. The second-order valence-corrected chi connectivity index (χ2v) is 8.21. The van der Waals surface area contributed by atoms with Crippen LogP contribution in [0.1, 0.15) is 13.8 Å². The number of non-ortho nitro benzene ring substituents is 1. The molecule has 1 unspecified atom stereocenters. The smallest absolute Gasteiger partial charge is 0.258 e. The van der Waals surface area contributed by atoms with Crippen LogP contribution in [0.3, 0.4) is 0 Å². The van der Waals surface area contributed by atoms with Gasteiger partial charge < -0.3 is 0 Å². The lowest BCUT2D eigenvalue weighted by molar-refractivity contribution is -0.385. The van der Waals surface area contributed by atoms with Crippen molar-refractivity contribution in [2.45, 2.75) is 18.7 Å². The molecule has 1 aliphatic heterocycles. The van der Waals surface area contributed by atoms with E-state index in [0.29, 0.717) is 0 Å². The van der Waals surface area contributed by atoms with Gasteiger partial charge in [0.05, 0.1) is 15.6 Å². The fourth-order valence-electron chi connectivity index (χ4n) is 1.85. The van der Waals surface area contributed by atoms with Crippen LogP contribution in [-0.4, -0.2) is 33.6 Å². The fourth-order valence-corrected chi connectivity index (χ4v) is 5.36. The maximum atomic E-state index is 12.5.